The van der Waals surface area contributed by atoms with Crippen molar-refractivity contribution in [3.63, 3.8) is 0 Å². The van der Waals surface area contributed by atoms with Crippen LogP contribution in [-0.2, 0) is 6.54 Å². The van der Waals surface area contributed by atoms with Gasteiger partial charge in [0.15, 0.2) is 0 Å². The second-order valence-electron chi connectivity index (χ2n) is 4.71. The van der Waals surface area contributed by atoms with Crippen LogP contribution in [0.5, 0.6) is 0 Å². The van der Waals surface area contributed by atoms with Crippen LogP contribution in [0.3, 0.4) is 0 Å². The van der Waals surface area contributed by atoms with E-state index in [2.05, 4.69) is 55.0 Å². The van der Waals surface area contributed by atoms with E-state index in [0.717, 1.165) is 37.2 Å². The first-order valence-electron chi connectivity index (χ1n) is 6.41. The van der Waals surface area contributed by atoms with Crippen molar-refractivity contribution in [3.05, 3.63) is 45.3 Å². The third-order valence-corrected chi connectivity index (χ3v) is 4.67. The van der Waals surface area contributed by atoms with E-state index in [1.54, 1.807) is 11.3 Å². The van der Waals surface area contributed by atoms with E-state index in [1.165, 1.54) is 10.6 Å². The minimum absolute atomic E-state index is 1.04. The highest BCUT2D eigenvalue weighted by Gasteiger charge is 2.17. The number of piperazine rings is 1. The zero-order chi connectivity index (χ0) is 13.1. The molecule has 1 saturated heterocycles. The topological polar surface area (TPSA) is 19.4 Å². The number of halogens is 1. The van der Waals surface area contributed by atoms with Gasteiger partial charge in [0.1, 0.15) is 0 Å². The quantitative estimate of drug-likeness (QED) is 0.857. The van der Waals surface area contributed by atoms with E-state index >= 15 is 0 Å². The molecule has 0 N–H and O–H groups in total. The zero-order valence-electron chi connectivity index (χ0n) is 10.6. The van der Waals surface area contributed by atoms with Gasteiger partial charge in [0.25, 0.3) is 0 Å². The van der Waals surface area contributed by atoms with Gasteiger partial charge in [-0.2, -0.15) is 0 Å². The Kier molecular flexibility index (Phi) is 4.15. The van der Waals surface area contributed by atoms with Crippen molar-refractivity contribution in [1.82, 2.24) is 9.88 Å². The number of hydrogen-bond donors (Lipinski definition) is 0. The van der Waals surface area contributed by atoms with Gasteiger partial charge < -0.3 is 4.90 Å². The van der Waals surface area contributed by atoms with Crippen LogP contribution in [0.4, 0.5) is 5.69 Å². The van der Waals surface area contributed by atoms with E-state index in [0.29, 0.717) is 0 Å². The molecule has 0 atom stereocenters. The van der Waals surface area contributed by atoms with Crippen molar-refractivity contribution >= 4 is 33.0 Å². The molecule has 2 aromatic rings. The lowest BCUT2D eigenvalue weighted by molar-refractivity contribution is 0.252. The van der Waals surface area contributed by atoms with Crippen LogP contribution < -0.4 is 4.90 Å². The van der Waals surface area contributed by atoms with Gasteiger partial charge in [0.05, 0.1) is 5.51 Å². The largest absolute Gasteiger partial charge is 0.369 e. The summed E-state index contributed by atoms with van der Waals surface area (Å²) in [7, 11) is 0. The molecule has 0 amide bonds. The van der Waals surface area contributed by atoms with E-state index in [9.17, 15) is 0 Å². The molecule has 1 aliphatic rings. The molecule has 1 fully saturated rings. The molecule has 0 unspecified atom stereocenters. The Labute approximate surface area is 126 Å². The fourth-order valence-electron chi connectivity index (χ4n) is 2.38. The number of hydrogen-bond acceptors (Lipinski definition) is 4. The highest BCUT2D eigenvalue weighted by Crippen LogP contribution is 2.21. The average Bonchev–Trinajstić information content (AvgIpc) is 2.92. The minimum Gasteiger partial charge on any atom is -0.369 e. The van der Waals surface area contributed by atoms with Crippen molar-refractivity contribution in [3.8, 4) is 0 Å². The number of rotatable bonds is 3. The van der Waals surface area contributed by atoms with Gasteiger partial charge in [0, 0.05) is 54.0 Å². The summed E-state index contributed by atoms with van der Waals surface area (Å²) in [6.45, 7) is 5.45. The van der Waals surface area contributed by atoms with Gasteiger partial charge in [0.2, 0.25) is 0 Å². The standard InChI is InChI=1S/C14H16BrN3S/c15-12-2-1-3-13(8-12)18-6-4-17(5-7-18)10-14-9-16-11-19-14/h1-3,8-9,11H,4-7,10H2. The second kappa shape index (κ2) is 6.03. The second-order valence-corrected chi connectivity index (χ2v) is 6.60. The van der Waals surface area contributed by atoms with Crippen LogP contribution in [-0.4, -0.2) is 36.1 Å². The lowest BCUT2D eigenvalue weighted by Gasteiger charge is -2.35. The van der Waals surface area contributed by atoms with Crippen LogP contribution in [0.2, 0.25) is 0 Å². The third kappa shape index (κ3) is 3.35. The number of thiazole rings is 1. The van der Waals surface area contributed by atoms with Crippen LogP contribution in [0.1, 0.15) is 4.88 Å². The molecule has 19 heavy (non-hydrogen) atoms. The fraction of sp³-hybridized carbons (Fsp3) is 0.357. The summed E-state index contributed by atoms with van der Waals surface area (Å²) in [5, 5.41) is 0. The van der Waals surface area contributed by atoms with Gasteiger partial charge in [-0.25, -0.2) is 0 Å². The molecule has 1 aromatic carbocycles. The molecular formula is C14H16BrN3S. The molecule has 1 aliphatic heterocycles. The zero-order valence-corrected chi connectivity index (χ0v) is 13.0. The van der Waals surface area contributed by atoms with Gasteiger partial charge in [-0.3, -0.25) is 9.88 Å². The summed E-state index contributed by atoms with van der Waals surface area (Å²) < 4.78 is 1.15. The van der Waals surface area contributed by atoms with E-state index in [4.69, 9.17) is 0 Å². The monoisotopic (exact) mass is 337 g/mol. The highest BCUT2D eigenvalue weighted by molar-refractivity contribution is 9.10. The van der Waals surface area contributed by atoms with Gasteiger partial charge in [-0.15, -0.1) is 11.3 Å². The van der Waals surface area contributed by atoms with Crippen molar-refractivity contribution < 1.29 is 0 Å². The van der Waals surface area contributed by atoms with Gasteiger partial charge >= 0.3 is 0 Å². The summed E-state index contributed by atoms with van der Waals surface area (Å²) in [6, 6.07) is 8.55. The highest BCUT2D eigenvalue weighted by atomic mass is 79.9. The Morgan fingerprint density at radius 3 is 2.74 bits per heavy atom. The van der Waals surface area contributed by atoms with Gasteiger partial charge in [-0.1, -0.05) is 22.0 Å². The summed E-state index contributed by atoms with van der Waals surface area (Å²) >= 11 is 5.28. The Balaban J connectivity index is 1.57. The minimum atomic E-state index is 1.04. The summed E-state index contributed by atoms with van der Waals surface area (Å²) in [6.07, 6.45) is 1.98. The van der Waals surface area contributed by atoms with Crippen LogP contribution in [0, 0.1) is 0 Å². The molecule has 3 rings (SSSR count). The van der Waals surface area contributed by atoms with E-state index in [-0.39, 0.29) is 0 Å². The van der Waals surface area contributed by atoms with Crippen molar-refractivity contribution in [2.24, 2.45) is 0 Å². The molecule has 5 heteroatoms. The maximum absolute atomic E-state index is 4.14. The van der Waals surface area contributed by atoms with Crippen LogP contribution in [0.25, 0.3) is 0 Å². The van der Waals surface area contributed by atoms with Crippen molar-refractivity contribution in [2.45, 2.75) is 6.54 Å². The summed E-state index contributed by atoms with van der Waals surface area (Å²) in [5.41, 5.74) is 3.22. The number of benzene rings is 1. The Morgan fingerprint density at radius 1 is 1.21 bits per heavy atom. The van der Waals surface area contributed by atoms with Gasteiger partial charge in [-0.05, 0) is 18.2 Å². The Hall–Kier alpha value is -0.910. The number of anilines is 1. The predicted octanol–water partition coefficient (Wildman–Crippen LogP) is 3.23. The molecule has 1 aromatic heterocycles. The van der Waals surface area contributed by atoms with E-state index < -0.39 is 0 Å². The predicted molar refractivity (Wildman–Crippen MR) is 83.7 cm³/mol. The molecule has 0 aliphatic carbocycles. The Morgan fingerprint density at radius 2 is 2.05 bits per heavy atom. The summed E-state index contributed by atoms with van der Waals surface area (Å²) in [4.78, 5) is 10.4. The Bertz CT molecular complexity index is 521. The molecule has 0 bridgehead atoms. The maximum atomic E-state index is 4.14. The lowest BCUT2D eigenvalue weighted by Crippen LogP contribution is -2.45. The summed E-state index contributed by atoms with van der Waals surface area (Å²) in [5.74, 6) is 0. The smallest absolute Gasteiger partial charge is 0.0794 e. The average molecular weight is 338 g/mol. The van der Waals surface area contributed by atoms with Crippen LogP contribution >= 0.6 is 27.3 Å². The molecule has 3 nitrogen and oxygen atoms in total. The number of aromatic nitrogens is 1. The third-order valence-electron chi connectivity index (χ3n) is 3.41. The fourth-order valence-corrected chi connectivity index (χ4v) is 3.40. The SMILES string of the molecule is Brc1cccc(N2CCN(Cc3cncs3)CC2)c1. The maximum Gasteiger partial charge on any atom is 0.0794 e. The van der Waals surface area contributed by atoms with E-state index in [1.807, 2.05) is 11.7 Å². The molecule has 2 heterocycles. The molecular weight excluding hydrogens is 322 g/mol. The molecule has 100 valence electrons. The number of nitrogens with zero attached hydrogens (tertiary/aromatic N) is 3. The first-order chi connectivity index (χ1) is 9.31. The normalized spacial score (nSPS) is 16.8. The lowest BCUT2D eigenvalue weighted by atomic mass is 10.2. The van der Waals surface area contributed by atoms with Crippen LogP contribution in [0.15, 0.2) is 40.4 Å². The first kappa shape index (κ1) is 13.1. The molecule has 0 radical (unpaired) electrons. The molecule has 0 saturated carbocycles. The first-order valence-corrected chi connectivity index (χ1v) is 8.09. The molecule has 0 spiro atoms. The van der Waals surface area contributed by atoms with Crippen molar-refractivity contribution in [1.29, 1.82) is 0 Å². The van der Waals surface area contributed by atoms with Crippen molar-refractivity contribution in [2.75, 3.05) is 31.1 Å².